The largest absolute Gasteiger partial charge is 0.396 e. The van der Waals surface area contributed by atoms with Gasteiger partial charge in [-0.2, -0.15) is 0 Å². The van der Waals surface area contributed by atoms with Gasteiger partial charge >= 0.3 is 0 Å². The third-order valence-corrected chi connectivity index (χ3v) is 2.81. The monoisotopic (exact) mass is 242 g/mol. The van der Waals surface area contributed by atoms with E-state index < -0.39 is 0 Å². The molecule has 0 saturated carbocycles. The second-order valence-electron chi connectivity index (χ2n) is 4.08. The van der Waals surface area contributed by atoms with Gasteiger partial charge in [0.05, 0.1) is 5.69 Å². The third-order valence-electron chi connectivity index (χ3n) is 2.81. The van der Waals surface area contributed by atoms with Gasteiger partial charge in [0.15, 0.2) is 5.65 Å². The van der Waals surface area contributed by atoms with E-state index in [4.69, 9.17) is 5.73 Å². The zero-order valence-electron chi connectivity index (χ0n) is 9.55. The molecule has 0 unspecified atom stereocenters. The quantitative estimate of drug-likeness (QED) is 0.748. The summed E-state index contributed by atoms with van der Waals surface area (Å²) in [5.74, 6) is 0.540. The predicted molar refractivity (Wildman–Crippen MR) is 66.6 cm³/mol. The van der Waals surface area contributed by atoms with Crippen LogP contribution in [0, 0.1) is 5.82 Å². The minimum absolute atomic E-state index is 0.242. The smallest absolute Gasteiger partial charge is 0.183 e. The molecule has 2 aromatic heterocycles. The van der Waals surface area contributed by atoms with Gasteiger partial charge in [-0.15, -0.1) is 10.2 Å². The first-order chi connectivity index (χ1) is 8.74. The highest BCUT2D eigenvalue weighted by molar-refractivity contribution is 5.63. The number of anilines is 1. The maximum atomic E-state index is 12.8. The van der Waals surface area contributed by atoms with Gasteiger partial charge in [0, 0.05) is 12.6 Å². The average molecular weight is 242 g/mol. The molecule has 18 heavy (non-hydrogen) atoms. The van der Waals surface area contributed by atoms with Crippen molar-refractivity contribution < 1.29 is 4.39 Å². The summed E-state index contributed by atoms with van der Waals surface area (Å²) in [5, 5.41) is 8.16. The molecule has 2 heterocycles. The number of fused-ring (bicyclic) bond motifs is 1. The lowest BCUT2D eigenvalue weighted by molar-refractivity contribution is 0.627. The highest BCUT2D eigenvalue weighted by Crippen LogP contribution is 2.14. The van der Waals surface area contributed by atoms with Gasteiger partial charge < -0.3 is 5.73 Å². The van der Waals surface area contributed by atoms with E-state index in [0.717, 1.165) is 11.4 Å². The van der Waals surface area contributed by atoms with Crippen molar-refractivity contribution in [2.75, 3.05) is 5.73 Å². The number of benzene rings is 1. The Labute approximate surface area is 103 Å². The molecule has 3 aromatic rings. The minimum Gasteiger partial charge on any atom is -0.396 e. The molecule has 0 aliphatic rings. The lowest BCUT2D eigenvalue weighted by Crippen LogP contribution is -1.97. The van der Waals surface area contributed by atoms with E-state index >= 15 is 0 Å². The molecule has 0 fully saturated rings. The number of rotatable bonds is 2. The Morgan fingerprint density at radius 2 is 1.89 bits per heavy atom. The van der Waals surface area contributed by atoms with Crippen LogP contribution in [0.15, 0.2) is 42.6 Å². The minimum atomic E-state index is -0.242. The Balaban J connectivity index is 2.00. The van der Waals surface area contributed by atoms with E-state index in [1.807, 2.05) is 16.7 Å². The predicted octanol–water partition coefficient (Wildman–Crippen LogP) is 2.04. The van der Waals surface area contributed by atoms with Crippen LogP contribution in [-0.2, 0) is 6.42 Å². The summed E-state index contributed by atoms with van der Waals surface area (Å²) in [6.07, 6.45) is 2.45. The van der Waals surface area contributed by atoms with Crippen molar-refractivity contribution in [1.29, 1.82) is 0 Å². The van der Waals surface area contributed by atoms with Crippen LogP contribution >= 0.6 is 0 Å². The Morgan fingerprint density at radius 1 is 1.11 bits per heavy atom. The van der Waals surface area contributed by atoms with Crippen LogP contribution in [-0.4, -0.2) is 14.6 Å². The molecule has 2 N–H and O–H groups in total. The second kappa shape index (κ2) is 4.10. The fourth-order valence-corrected chi connectivity index (χ4v) is 1.89. The van der Waals surface area contributed by atoms with Crippen molar-refractivity contribution in [2.24, 2.45) is 0 Å². The molecule has 3 rings (SSSR count). The van der Waals surface area contributed by atoms with Crippen LogP contribution in [0.2, 0.25) is 0 Å². The van der Waals surface area contributed by atoms with E-state index in [2.05, 4.69) is 10.2 Å². The molecule has 0 aliphatic carbocycles. The first-order valence-corrected chi connectivity index (χ1v) is 5.56. The molecule has 0 bridgehead atoms. The molecule has 90 valence electrons. The van der Waals surface area contributed by atoms with E-state index in [1.165, 1.54) is 12.1 Å². The molecule has 0 amide bonds. The number of halogens is 1. The van der Waals surface area contributed by atoms with Crippen molar-refractivity contribution in [3.8, 4) is 0 Å². The number of hydrogen-bond donors (Lipinski definition) is 1. The summed E-state index contributed by atoms with van der Waals surface area (Å²) in [4.78, 5) is 0. The number of hydrogen-bond acceptors (Lipinski definition) is 3. The lowest BCUT2D eigenvalue weighted by Gasteiger charge is -2.01. The number of nitrogen functional groups attached to an aromatic ring is 1. The molecule has 0 radical (unpaired) electrons. The van der Waals surface area contributed by atoms with Gasteiger partial charge in [-0.1, -0.05) is 12.1 Å². The van der Waals surface area contributed by atoms with Crippen molar-refractivity contribution in [3.63, 3.8) is 0 Å². The van der Waals surface area contributed by atoms with Gasteiger partial charge in [-0.05, 0) is 29.8 Å². The van der Waals surface area contributed by atoms with E-state index in [9.17, 15) is 4.39 Å². The van der Waals surface area contributed by atoms with E-state index in [0.29, 0.717) is 17.8 Å². The maximum Gasteiger partial charge on any atom is 0.183 e. The lowest BCUT2D eigenvalue weighted by atomic mass is 10.1. The number of aromatic nitrogens is 3. The molecule has 4 nitrogen and oxygen atoms in total. The zero-order valence-corrected chi connectivity index (χ0v) is 9.55. The van der Waals surface area contributed by atoms with Crippen molar-refractivity contribution in [1.82, 2.24) is 14.6 Å². The molecule has 0 atom stereocenters. The van der Waals surface area contributed by atoms with Gasteiger partial charge in [0.25, 0.3) is 0 Å². The van der Waals surface area contributed by atoms with Crippen LogP contribution in [0.25, 0.3) is 5.65 Å². The SMILES string of the molecule is Nc1cccn2c(Cc3ccc(F)cc3)nnc12. The molecule has 0 aliphatic heterocycles. The average Bonchev–Trinajstić information content (AvgIpc) is 2.77. The zero-order chi connectivity index (χ0) is 12.5. The summed E-state index contributed by atoms with van der Waals surface area (Å²) >= 11 is 0. The van der Waals surface area contributed by atoms with Gasteiger partial charge in [-0.25, -0.2) is 4.39 Å². The summed E-state index contributed by atoms with van der Waals surface area (Å²) < 4.78 is 14.7. The Bertz CT molecular complexity index is 688. The summed E-state index contributed by atoms with van der Waals surface area (Å²) in [7, 11) is 0. The standard InChI is InChI=1S/C13H11FN4/c14-10-5-3-9(4-6-10)8-12-16-17-13-11(15)2-1-7-18(12)13/h1-7H,8,15H2. The highest BCUT2D eigenvalue weighted by atomic mass is 19.1. The van der Waals surface area contributed by atoms with Crippen molar-refractivity contribution in [3.05, 3.63) is 59.8 Å². The first kappa shape index (κ1) is 10.7. The fraction of sp³-hybridized carbons (Fsp3) is 0.0769. The van der Waals surface area contributed by atoms with Gasteiger partial charge in [0.2, 0.25) is 0 Å². The van der Waals surface area contributed by atoms with Crippen LogP contribution in [0.4, 0.5) is 10.1 Å². The van der Waals surface area contributed by atoms with Gasteiger partial charge in [-0.3, -0.25) is 4.40 Å². The van der Waals surface area contributed by atoms with Crippen LogP contribution in [0.3, 0.4) is 0 Å². The number of nitrogens with two attached hydrogens (primary N) is 1. The second-order valence-corrected chi connectivity index (χ2v) is 4.08. The number of nitrogens with zero attached hydrogens (tertiary/aromatic N) is 3. The first-order valence-electron chi connectivity index (χ1n) is 5.56. The Morgan fingerprint density at radius 3 is 2.67 bits per heavy atom. The summed E-state index contributed by atoms with van der Waals surface area (Å²) in [6.45, 7) is 0. The molecule has 1 aromatic carbocycles. The molecule has 5 heteroatoms. The summed E-state index contributed by atoms with van der Waals surface area (Å²) in [6, 6.07) is 9.98. The summed E-state index contributed by atoms with van der Waals surface area (Å²) in [5.41, 5.74) is 8.03. The van der Waals surface area contributed by atoms with Crippen LogP contribution < -0.4 is 5.73 Å². The van der Waals surface area contributed by atoms with E-state index in [-0.39, 0.29) is 5.82 Å². The van der Waals surface area contributed by atoms with E-state index in [1.54, 1.807) is 18.2 Å². The maximum absolute atomic E-state index is 12.8. The van der Waals surface area contributed by atoms with Crippen LogP contribution in [0.1, 0.15) is 11.4 Å². The fourth-order valence-electron chi connectivity index (χ4n) is 1.89. The van der Waals surface area contributed by atoms with Crippen molar-refractivity contribution in [2.45, 2.75) is 6.42 Å². The Kier molecular flexibility index (Phi) is 2.44. The Hall–Kier alpha value is -2.43. The molecule has 0 saturated heterocycles. The topological polar surface area (TPSA) is 56.2 Å². The van der Waals surface area contributed by atoms with Crippen LogP contribution in [0.5, 0.6) is 0 Å². The van der Waals surface area contributed by atoms with Crippen molar-refractivity contribution >= 4 is 11.3 Å². The molecular weight excluding hydrogens is 231 g/mol. The van der Waals surface area contributed by atoms with Gasteiger partial charge in [0.1, 0.15) is 11.6 Å². The molecule has 0 spiro atoms. The third kappa shape index (κ3) is 1.79. The molecular formula is C13H11FN4. The normalized spacial score (nSPS) is 10.9. The number of pyridine rings is 1. The highest BCUT2D eigenvalue weighted by Gasteiger charge is 2.07.